The topological polar surface area (TPSA) is 81.1 Å². The minimum Gasteiger partial charge on any atom is -0.389 e. The van der Waals surface area contributed by atoms with Crippen molar-refractivity contribution in [3.63, 3.8) is 0 Å². The third kappa shape index (κ3) is 3.10. The molecule has 7 heteroatoms. The number of nitrogens with two attached hydrogens (primary N) is 1. The highest BCUT2D eigenvalue weighted by molar-refractivity contribution is 7.10. The largest absolute Gasteiger partial charge is 0.389 e. The summed E-state index contributed by atoms with van der Waals surface area (Å²) in [5.74, 6) is 1.19. The number of hydrogen-bond acceptors (Lipinski definition) is 7. The predicted octanol–water partition coefficient (Wildman–Crippen LogP) is 1.97. The summed E-state index contributed by atoms with van der Waals surface area (Å²) in [6.07, 6.45) is 0.779. The summed E-state index contributed by atoms with van der Waals surface area (Å²) in [7, 11) is 0. The van der Waals surface area contributed by atoms with Crippen molar-refractivity contribution in [1.29, 1.82) is 0 Å². The molecular formula is C12H19N5OS. The first-order valence-corrected chi connectivity index (χ1v) is 7.20. The molecule has 0 bridgehead atoms. The second kappa shape index (κ2) is 6.12. The Hall–Kier alpha value is -1.47. The van der Waals surface area contributed by atoms with Gasteiger partial charge in [0.05, 0.1) is 11.3 Å². The van der Waals surface area contributed by atoms with Gasteiger partial charge < -0.3 is 15.2 Å². The molecule has 0 unspecified atom stereocenters. The Labute approximate surface area is 116 Å². The quantitative estimate of drug-likeness (QED) is 0.871. The van der Waals surface area contributed by atoms with Crippen molar-refractivity contribution in [1.82, 2.24) is 19.4 Å². The van der Waals surface area contributed by atoms with Gasteiger partial charge in [0.25, 0.3) is 5.89 Å². The average molecular weight is 281 g/mol. The van der Waals surface area contributed by atoms with E-state index in [0.717, 1.165) is 37.3 Å². The van der Waals surface area contributed by atoms with Crippen LogP contribution in [0.2, 0.25) is 0 Å². The van der Waals surface area contributed by atoms with E-state index in [2.05, 4.69) is 33.3 Å². The average Bonchev–Trinajstić information content (AvgIpc) is 2.98. The number of nitrogen functional groups attached to an aromatic ring is 1. The SMILES string of the molecule is CCN(CC)CCc1noc(-c2c(C)nsc2N)n1. The first-order valence-electron chi connectivity index (χ1n) is 6.42. The third-order valence-electron chi connectivity index (χ3n) is 3.12. The van der Waals surface area contributed by atoms with Crippen LogP contribution in [0, 0.1) is 6.92 Å². The van der Waals surface area contributed by atoms with Crippen molar-refractivity contribution in [2.75, 3.05) is 25.4 Å². The zero-order chi connectivity index (χ0) is 13.8. The van der Waals surface area contributed by atoms with Crippen LogP contribution < -0.4 is 5.73 Å². The van der Waals surface area contributed by atoms with E-state index in [-0.39, 0.29) is 0 Å². The molecule has 19 heavy (non-hydrogen) atoms. The Kier molecular flexibility index (Phi) is 4.49. The summed E-state index contributed by atoms with van der Waals surface area (Å²) in [5, 5.41) is 4.63. The van der Waals surface area contributed by atoms with Crippen molar-refractivity contribution in [3.05, 3.63) is 11.5 Å². The fourth-order valence-electron chi connectivity index (χ4n) is 1.90. The van der Waals surface area contributed by atoms with E-state index in [1.165, 1.54) is 11.5 Å². The Balaban J connectivity index is 2.07. The van der Waals surface area contributed by atoms with Crippen LogP contribution in [0.5, 0.6) is 0 Å². The first kappa shape index (κ1) is 14.0. The normalized spacial score (nSPS) is 11.4. The standard InChI is InChI=1S/C12H19N5OS/c1-4-17(5-2)7-6-9-14-12(18-15-9)10-8(3)16-19-11(10)13/h4-7,13H2,1-3H3. The lowest BCUT2D eigenvalue weighted by Gasteiger charge is -2.16. The van der Waals surface area contributed by atoms with E-state index < -0.39 is 0 Å². The summed E-state index contributed by atoms with van der Waals surface area (Å²) >= 11 is 1.25. The molecule has 104 valence electrons. The van der Waals surface area contributed by atoms with Crippen molar-refractivity contribution in [2.45, 2.75) is 27.2 Å². The summed E-state index contributed by atoms with van der Waals surface area (Å²) in [6.45, 7) is 9.17. The Morgan fingerprint density at radius 2 is 2.05 bits per heavy atom. The number of rotatable bonds is 6. The lowest BCUT2D eigenvalue weighted by molar-refractivity contribution is 0.303. The summed E-state index contributed by atoms with van der Waals surface area (Å²) in [5.41, 5.74) is 7.47. The second-order valence-electron chi connectivity index (χ2n) is 4.30. The van der Waals surface area contributed by atoms with Crippen LogP contribution >= 0.6 is 11.5 Å². The molecular weight excluding hydrogens is 262 g/mol. The highest BCUT2D eigenvalue weighted by atomic mass is 32.1. The van der Waals surface area contributed by atoms with E-state index >= 15 is 0 Å². The fraction of sp³-hybridized carbons (Fsp3) is 0.583. The van der Waals surface area contributed by atoms with Gasteiger partial charge in [-0.2, -0.15) is 9.36 Å². The highest BCUT2D eigenvalue weighted by Crippen LogP contribution is 2.30. The molecule has 0 aliphatic rings. The van der Waals surface area contributed by atoms with Crippen LogP contribution in [-0.4, -0.2) is 39.0 Å². The molecule has 2 aromatic heterocycles. The second-order valence-corrected chi connectivity index (χ2v) is 5.10. The van der Waals surface area contributed by atoms with Gasteiger partial charge in [-0.1, -0.05) is 19.0 Å². The van der Waals surface area contributed by atoms with E-state index in [0.29, 0.717) is 16.7 Å². The van der Waals surface area contributed by atoms with Gasteiger partial charge in [0, 0.05) is 13.0 Å². The lowest BCUT2D eigenvalue weighted by atomic mass is 10.2. The Morgan fingerprint density at radius 1 is 1.32 bits per heavy atom. The van der Waals surface area contributed by atoms with Gasteiger partial charge in [-0.25, -0.2) is 0 Å². The van der Waals surface area contributed by atoms with Crippen LogP contribution in [0.25, 0.3) is 11.5 Å². The van der Waals surface area contributed by atoms with E-state index in [1.54, 1.807) is 0 Å². The van der Waals surface area contributed by atoms with Crippen LogP contribution in [0.3, 0.4) is 0 Å². The van der Waals surface area contributed by atoms with Crippen molar-refractivity contribution in [2.24, 2.45) is 0 Å². The van der Waals surface area contributed by atoms with Crippen LogP contribution in [0.4, 0.5) is 5.00 Å². The zero-order valence-corrected chi connectivity index (χ0v) is 12.3. The molecule has 0 fully saturated rings. The summed E-state index contributed by atoms with van der Waals surface area (Å²) in [4.78, 5) is 6.72. The number of likely N-dealkylation sites (N-methyl/N-ethyl adjacent to an activating group) is 1. The van der Waals surface area contributed by atoms with Gasteiger partial charge in [0.1, 0.15) is 5.00 Å². The summed E-state index contributed by atoms with van der Waals surface area (Å²) < 4.78 is 9.46. The van der Waals surface area contributed by atoms with Gasteiger partial charge in [0.2, 0.25) is 0 Å². The molecule has 0 aliphatic carbocycles. The zero-order valence-electron chi connectivity index (χ0n) is 11.5. The molecule has 6 nitrogen and oxygen atoms in total. The molecule has 0 aliphatic heterocycles. The summed E-state index contributed by atoms with van der Waals surface area (Å²) in [6, 6.07) is 0. The molecule has 2 N–H and O–H groups in total. The van der Waals surface area contributed by atoms with Crippen molar-refractivity contribution in [3.8, 4) is 11.5 Å². The molecule has 2 heterocycles. The minimum absolute atomic E-state index is 0.471. The van der Waals surface area contributed by atoms with Gasteiger partial charge in [-0.05, 0) is 31.5 Å². The number of hydrogen-bond donors (Lipinski definition) is 1. The number of anilines is 1. The molecule has 0 aromatic carbocycles. The Morgan fingerprint density at radius 3 is 2.63 bits per heavy atom. The molecule has 0 saturated carbocycles. The minimum atomic E-state index is 0.471. The maximum Gasteiger partial charge on any atom is 0.262 e. The number of aryl methyl sites for hydroxylation is 1. The predicted molar refractivity (Wildman–Crippen MR) is 76.0 cm³/mol. The molecule has 0 saturated heterocycles. The van der Waals surface area contributed by atoms with Gasteiger partial charge in [-0.3, -0.25) is 0 Å². The van der Waals surface area contributed by atoms with E-state index in [1.807, 2.05) is 6.92 Å². The monoisotopic (exact) mass is 281 g/mol. The number of aromatic nitrogens is 3. The van der Waals surface area contributed by atoms with Gasteiger partial charge in [0.15, 0.2) is 5.82 Å². The molecule has 0 radical (unpaired) electrons. The smallest absolute Gasteiger partial charge is 0.262 e. The molecule has 0 amide bonds. The van der Waals surface area contributed by atoms with Crippen LogP contribution in [0.15, 0.2) is 4.52 Å². The molecule has 0 spiro atoms. The van der Waals surface area contributed by atoms with Crippen LogP contribution in [0.1, 0.15) is 25.4 Å². The molecule has 2 rings (SSSR count). The van der Waals surface area contributed by atoms with Crippen molar-refractivity contribution >= 4 is 16.5 Å². The van der Waals surface area contributed by atoms with E-state index in [4.69, 9.17) is 10.3 Å². The van der Waals surface area contributed by atoms with E-state index in [9.17, 15) is 0 Å². The lowest BCUT2D eigenvalue weighted by Crippen LogP contribution is -2.25. The maximum atomic E-state index is 5.87. The first-order chi connectivity index (χ1) is 9.15. The fourth-order valence-corrected chi connectivity index (χ4v) is 2.56. The maximum absolute atomic E-state index is 5.87. The van der Waals surface area contributed by atoms with Crippen LogP contribution in [-0.2, 0) is 6.42 Å². The van der Waals surface area contributed by atoms with Crippen molar-refractivity contribution < 1.29 is 4.52 Å². The van der Waals surface area contributed by atoms with Gasteiger partial charge >= 0.3 is 0 Å². The molecule has 0 atom stereocenters. The third-order valence-corrected chi connectivity index (χ3v) is 3.88. The number of nitrogens with zero attached hydrogens (tertiary/aromatic N) is 4. The van der Waals surface area contributed by atoms with Gasteiger partial charge in [-0.15, -0.1) is 0 Å². The Bertz CT molecular complexity index is 512. The molecule has 2 aromatic rings. The highest BCUT2D eigenvalue weighted by Gasteiger charge is 2.17.